The zero-order valence-electron chi connectivity index (χ0n) is 5.90. The maximum Gasteiger partial charge on any atom is 0.116 e. The van der Waals surface area contributed by atoms with Gasteiger partial charge in [0, 0.05) is 0 Å². The standard InChI is InChI=1S/C4H11N.C2H4O/c1-3-4-5-2;1-2-3/h5H,3-4H2,1-2H3;2H,1H3. The van der Waals surface area contributed by atoms with Crippen LogP contribution < -0.4 is 5.32 Å². The smallest absolute Gasteiger partial charge is 0.116 e. The normalized spacial score (nSPS) is 6.88. The first-order valence-electron chi connectivity index (χ1n) is 2.87. The van der Waals surface area contributed by atoms with Crippen molar-refractivity contribution in [3.05, 3.63) is 0 Å². The molecular weight excluding hydrogens is 102 g/mol. The molecule has 0 rings (SSSR count). The van der Waals surface area contributed by atoms with Gasteiger partial charge in [-0.05, 0) is 26.9 Å². The lowest BCUT2D eigenvalue weighted by molar-refractivity contribution is -0.106. The first-order valence-corrected chi connectivity index (χ1v) is 2.87. The Morgan fingerprint density at radius 3 is 2.00 bits per heavy atom. The van der Waals surface area contributed by atoms with Crippen LogP contribution in [0.2, 0.25) is 0 Å². The third kappa shape index (κ3) is 45.4. The number of carbonyl (C=O) groups is 1. The maximum absolute atomic E-state index is 8.81. The topological polar surface area (TPSA) is 29.1 Å². The third-order valence-electron chi connectivity index (χ3n) is 0.500. The second-order valence-electron chi connectivity index (χ2n) is 1.34. The van der Waals surface area contributed by atoms with E-state index in [4.69, 9.17) is 4.79 Å². The minimum Gasteiger partial charge on any atom is -0.320 e. The highest BCUT2D eigenvalue weighted by molar-refractivity contribution is 5.44. The number of nitrogens with one attached hydrogen (secondary N) is 1. The molecule has 0 aromatic carbocycles. The van der Waals surface area contributed by atoms with Crippen molar-refractivity contribution >= 4 is 6.29 Å². The molecule has 0 spiro atoms. The quantitative estimate of drug-likeness (QED) is 0.542. The molecule has 50 valence electrons. The molecule has 0 aromatic heterocycles. The Bertz CT molecular complexity index is 35.5. The van der Waals surface area contributed by atoms with E-state index in [9.17, 15) is 0 Å². The molecule has 2 nitrogen and oxygen atoms in total. The molecule has 0 radical (unpaired) electrons. The molecule has 0 saturated carbocycles. The van der Waals surface area contributed by atoms with Gasteiger partial charge in [0.15, 0.2) is 0 Å². The van der Waals surface area contributed by atoms with Crippen LogP contribution in [-0.2, 0) is 4.79 Å². The van der Waals surface area contributed by atoms with E-state index in [-0.39, 0.29) is 0 Å². The van der Waals surface area contributed by atoms with Crippen LogP contribution in [0.4, 0.5) is 0 Å². The van der Waals surface area contributed by atoms with Gasteiger partial charge in [-0.15, -0.1) is 0 Å². The first kappa shape index (κ1) is 10.6. The van der Waals surface area contributed by atoms with Crippen molar-refractivity contribution in [2.24, 2.45) is 0 Å². The highest BCUT2D eigenvalue weighted by Gasteiger charge is 1.64. The number of carbonyl (C=O) groups excluding carboxylic acids is 1. The van der Waals surface area contributed by atoms with Crippen molar-refractivity contribution in [2.75, 3.05) is 13.6 Å². The van der Waals surface area contributed by atoms with Crippen molar-refractivity contribution in [3.63, 3.8) is 0 Å². The average molecular weight is 117 g/mol. The van der Waals surface area contributed by atoms with E-state index < -0.39 is 0 Å². The molecule has 0 bridgehead atoms. The first-order chi connectivity index (χ1) is 3.83. The molecule has 0 atom stereocenters. The van der Waals surface area contributed by atoms with Crippen molar-refractivity contribution in [1.29, 1.82) is 0 Å². The molecule has 0 aromatic rings. The molecule has 0 heterocycles. The molecular formula is C6H15NO. The monoisotopic (exact) mass is 117 g/mol. The van der Waals surface area contributed by atoms with Crippen LogP contribution in [0.3, 0.4) is 0 Å². The van der Waals surface area contributed by atoms with Crippen LogP contribution in [0.5, 0.6) is 0 Å². The average Bonchev–Trinajstić information content (AvgIpc) is 1.71. The van der Waals surface area contributed by atoms with Crippen molar-refractivity contribution < 1.29 is 4.79 Å². The minimum atomic E-state index is 0.750. The molecule has 0 aliphatic heterocycles. The van der Waals surface area contributed by atoms with Crippen LogP contribution in [-0.4, -0.2) is 19.9 Å². The maximum atomic E-state index is 8.81. The molecule has 0 fully saturated rings. The third-order valence-corrected chi connectivity index (χ3v) is 0.500. The van der Waals surface area contributed by atoms with Gasteiger partial charge in [-0.1, -0.05) is 6.92 Å². The van der Waals surface area contributed by atoms with Crippen molar-refractivity contribution in [1.82, 2.24) is 5.32 Å². The number of hydrogen-bond donors (Lipinski definition) is 1. The summed E-state index contributed by atoms with van der Waals surface area (Å²) in [6.07, 6.45) is 1.98. The van der Waals surface area contributed by atoms with E-state index in [1.54, 1.807) is 0 Å². The van der Waals surface area contributed by atoms with Gasteiger partial charge in [-0.3, -0.25) is 0 Å². The molecule has 0 aliphatic carbocycles. The molecule has 1 N–H and O–H groups in total. The second-order valence-corrected chi connectivity index (χ2v) is 1.34. The van der Waals surface area contributed by atoms with Gasteiger partial charge in [-0.2, -0.15) is 0 Å². The largest absolute Gasteiger partial charge is 0.320 e. The van der Waals surface area contributed by atoms with Crippen molar-refractivity contribution in [3.8, 4) is 0 Å². The van der Waals surface area contributed by atoms with Crippen LogP contribution in [0.25, 0.3) is 0 Å². The lowest BCUT2D eigenvalue weighted by atomic mass is 10.5. The van der Waals surface area contributed by atoms with E-state index in [1.165, 1.54) is 13.3 Å². The van der Waals surface area contributed by atoms with Crippen LogP contribution in [0.1, 0.15) is 20.3 Å². The summed E-state index contributed by atoms with van der Waals surface area (Å²) in [6.45, 7) is 4.73. The summed E-state index contributed by atoms with van der Waals surface area (Å²) in [5.41, 5.74) is 0. The molecule has 0 amide bonds. The highest BCUT2D eigenvalue weighted by Crippen LogP contribution is 1.62. The zero-order chi connectivity index (χ0) is 6.83. The van der Waals surface area contributed by atoms with E-state index in [0.29, 0.717) is 0 Å². The van der Waals surface area contributed by atoms with E-state index >= 15 is 0 Å². The zero-order valence-corrected chi connectivity index (χ0v) is 5.90. The fourth-order valence-corrected chi connectivity index (χ4v) is 0.250. The number of rotatable bonds is 2. The molecule has 0 unspecified atom stereocenters. The van der Waals surface area contributed by atoms with Gasteiger partial charge in [0.2, 0.25) is 0 Å². The SMILES string of the molecule is CC=O.CCCNC. The Balaban J connectivity index is 0. The fraction of sp³-hybridized carbons (Fsp3) is 0.833. The van der Waals surface area contributed by atoms with Gasteiger partial charge in [0.1, 0.15) is 6.29 Å². The predicted octanol–water partition coefficient (Wildman–Crippen LogP) is 0.821. The van der Waals surface area contributed by atoms with E-state index in [1.807, 2.05) is 7.05 Å². The van der Waals surface area contributed by atoms with E-state index in [0.717, 1.165) is 12.8 Å². The van der Waals surface area contributed by atoms with E-state index in [2.05, 4.69) is 12.2 Å². The van der Waals surface area contributed by atoms with Crippen LogP contribution >= 0.6 is 0 Å². The Labute approximate surface area is 51.3 Å². The lowest BCUT2D eigenvalue weighted by Crippen LogP contribution is -2.04. The predicted molar refractivity (Wildman–Crippen MR) is 36.0 cm³/mol. The second kappa shape index (κ2) is 15.9. The summed E-state index contributed by atoms with van der Waals surface area (Å²) >= 11 is 0. The Morgan fingerprint density at radius 2 is 2.00 bits per heavy atom. The van der Waals surface area contributed by atoms with Gasteiger partial charge >= 0.3 is 0 Å². The Morgan fingerprint density at radius 1 is 1.62 bits per heavy atom. The molecule has 2 heteroatoms. The summed E-state index contributed by atoms with van der Waals surface area (Å²) in [4.78, 5) is 8.81. The fourth-order valence-electron chi connectivity index (χ4n) is 0.250. The van der Waals surface area contributed by atoms with Gasteiger partial charge < -0.3 is 10.1 Å². The number of aldehydes is 1. The summed E-state index contributed by atoms with van der Waals surface area (Å²) < 4.78 is 0. The molecule has 0 aliphatic rings. The van der Waals surface area contributed by atoms with Gasteiger partial charge in [0.05, 0.1) is 0 Å². The lowest BCUT2D eigenvalue weighted by Gasteiger charge is -1.84. The Kier molecular flexibility index (Phi) is 21.1. The minimum absolute atomic E-state index is 0.750. The summed E-state index contributed by atoms with van der Waals surface area (Å²) in [5, 5.41) is 3.02. The molecule has 8 heavy (non-hydrogen) atoms. The highest BCUT2D eigenvalue weighted by atomic mass is 16.1. The Hall–Kier alpha value is -0.370. The van der Waals surface area contributed by atoms with Crippen LogP contribution in [0.15, 0.2) is 0 Å². The van der Waals surface area contributed by atoms with Crippen LogP contribution in [0, 0.1) is 0 Å². The molecule has 0 saturated heterocycles. The summed E-state index contributed by atoms with van der Waals surface area (Å²) in [7, 11) is 1.96. The summed E-state index contributed by atoms with van der Waals surface area (Å²) in [6, 6.07) is 0. The summed E-state index contributed by atoms with van der Waals surface area (Å²) in [5.74, 6) is 0. The van der Waals surface area contributed by atoms with Gasteiger partial charge in [0.25, 0.3) is 0 Å². The van der Waals surface area contributed by atoms with Crippen molar-refractivity contribution in [2.45, 2.75) is 20.3 Å². The number of hydrogen-bond acceptors (Lipinski definition) is 2. The van der Waals surface area contributed by atoms with Gasteiger partial charge in [-0.25, -0.2) is 0 Å².